The number of alkyl halides is 3. The lowest BCUT2D eigenvalue weighted by molar-refractivity contribution is -0.122. The minimum Gasteiger partial charge on any atom is -0.334 e. The first-order chi connectivity index (χ1) is 8.10. The van der Waals surface area contributed by atoms with Crippen LogP contribution in [0.15, 0.2) is 0 Å². The smallest absolute Gasteiger partial charge is 0.334 e. The molecule has 0 aromatic heterocycles. The molecule has 0 fully saturated rings. The molecule has 0 aliphatic heterocycles. The number of hydrogen-bond donors (Lipinski definition) is 2. The summed E-state index contributed by atoms with van der Waals surface area (Å²) in [5.74, 6) is 0.359. The highest BCUT2D eigenvalue weighted by atomic mass is 19.4. The van der Waals surface area contributed by atoms with Gasteiger partial charge in [-0.2, -0.15) is 13.2 Å². The molecule has 7 heteroatoms. The van der Waals surface area contributed by atoms with E-state index in [9.17, 15) is 18.0 Å². The molecule has 1 unspecified atom stereocenters. The van der Waals surface area contributed by atoms with Crippen molar-refractivity contribution in [1.82, 2.24) is 15.5 Å². The Balaban J connectivity index is 4.17. The van der Waals surface area contributed by atoms with E-state index < -0.39 is 18.8 Å². The van der Waals surface area contributed by atoms with Crippen LogP contribution in [0.1, 0.15) is 20.3 Å². The van der Waals surface area contributed by atoms with Crippen LogP contribution < -0.4 is 10.6 Å². The van der Waals surface area contributed by atoms with Crippen LogP contribution in [0.3, 0.4) is 0 Å². The summed E-state index contributed by atoms with van der Waals surface area (Å²) in [6, 6.07) is -0.937. The molecule has 0 heterocycles. The monoisotopic (exact) mass is 269 g/mol. The summed E-state index contributed by atoms with van der Waals surface area (Å²) in [4.78, 5) is 13.2. The number of nitrogens with one attached hydrogen (secondary N) is 2. The van der Waals surface area contributed by atoms with Crippen LogP contribution in [0.25, 0.3) is 0 Å². The van der Waals surface area contributed by atoms with Crippen LogP contribution in [-0.2, 0) is 0 Å². The predicted molar refractivity (Wildman–Crippen MR) is 64.4 cm³/mol. The molecule has 108 valence electrons. The second kappa shape index (κ2) is 7.45. The average Bonchev–Trinajstić information content (AvgIpc) is 2.11. The minimum atomic E-state index is -4.38. The number of halogens is 3. The molecule has 2 N–H and O–H groups in total. The SMILES string of the molecule is CC(C)CC(CN(C)C)NC(=O)NCC(F)(F)F. The van der Waals surface area contributed by atoms with Crippen molar-refractivity contribution in [2.45, 2.75) is 32.5 Å². The molecular weight excluding hydrogens is 247 g/mol. The van der Waals surface area contributed by atoms with Gasteiger partial charge < -0.3 is 15.5 Å². The van der Waals surface area contributed by atoms with Crippen molar-refractivity contribution in [2.24, 2.45) is 5.92 Å². The maximum absolute atomic E-state index is 11.9. The summed E-state index contributed by atoms with van der Waals surface area (Å²) in [5.41, 5.74) is 0. The standard InChI is InChI=1S/C11H22F3N3O/c1-8(2)5-9(6-17(3)4)16-10(18)15-7-11(12,13)14/h8-9H,5-7H2,1-4H3,(H2,15,16,18). The van der Waals surface area contributed by atoms with Gasteiger partial charge in [0.05, 0.1) is 0 Å². The molecule has 1 atom stereocenters. The number of likely N-dealkylation sites (N-methyl/N-ethyl adjacent to an activating group) is 1. The van der Waals surface area contributed by atoms with Gasteiger partial charge in [0.2, 0.25) is 0 Å². The third kappa shape index (κ3) is 10.2. The van der Waals surface area contributed by atoms with Crippen LogP contribution in [0.5, 0.6) is 0 Å². The molecule has 0 aliphatic rings. The normalized spacial score (nSPS) is 13.8. The van der Waals surface area contributed by atoms with Crippen molar-refractivity contribution in [1.29, 1.82) is 0 Å². The van der Waals surface area contributed by atoms with Crippen molar-refractivity contribution >= 4 is 6.03 Å². The van der Waals surface area contributed by atoms with Gasteiger partial charge in [-0.15, -0.1) is 0 Å². The van der Waals surface area contributed by atoms with Gasteiger partial charge in [0, 0.05) is 12.6 Å². The number of carbonyl (C=O) groups is 1. The lowest BCUT2D eigenvalue weighted by Gasteiger charge is -2.24. The highest BCUT2D eigenvalue weighted by molar-refractivity contribution is 5.74. The number of carbonyl (C=O) groups excluding carboxylic acids is 1. The molecule has 18 heavy (non-hydrogen) atoms. The van der Waals surface area contributed by atoms with Crippen LogP contribution in [0, 0.1) is 5.92 Å². The average molecular weight is 269 g/mol. The summed E-state index contributed by atoms with van der Waals surface area (Å²) in [5, 5.41) is 4.37. The highest BCUT2D eigenvalue weighted by Gasteiger charge is 2.28. The molecule has 0 aromatic rings. The summed E-state index contributed by atoms with van der Waals surface area (Å²) >= 11 is 0. The summed E-state index contributed by atoms with van der Waals surface area (Å²) < 4.78 is 35.8. The zero-order valence-corrected chi connectivity index (χ0v) is 11.3. The second-order valence-corrected chi connectivity index (χ2v) is 5.03. The quantitative estimate of drug-likeness (QED) is 0.772. The van der Waals surface area contributed by atoms with Gasteiger partial charge in [-0.25, -0.2) is 4.79 Å². The highest BCUT2D eigenvalue weighted by Crippen LogP contribution is 2.12. The summed E-state index contributed by atoms with van der Waals surface area (Å²) in [6.45, 7) is 3.28. The molecule has 2 amide bonds. The first-order valence-electron chi connectivity index (χ1n) is 5.86. The molecule has 0 rings (SSSR count). The van der Waals surface area contributed by atoms with Crippen molar-refractivity contribution in [3.8, 4) is 0 Å². The second-order valence-electron chi connectivity index (χ2n) is 5.03. The summed E-state index contributed by atoms with van der Waals surface area (Å²) in [6.07, 6.45) is -3.66. The van der Waals surface area contributed by atoms with Gasteiger partial charge in [0.15, 0.2) is 0 Å². The molecule has 4 nitrogen and oxygen atoms in total. The number of nitrogens with zero attached hydrogens (tertiary/aromatic N) is 1. The Morgan fingerprint density at radius 3 is 2.22 bits per heavy atom. The Morgan fingerprint density at radius 1 is 1.28 bits per heavy atom. The van der Waals surface area contributed by atoms with Gasteiger partial charge >= 0.3 is 12.2 Å². The van der Waals surface area contributed by atoms with E-state index in [1.54, 1.807) is 5.32 Å². The van der Waals surface area contributed by atoms with Crippen molar-refractivity contribution in [2.75, 3.05) is 27.2 Å². The van der Waals surface area contributed by atoms with E-state index in [-0.39, 0.29) is 6.04 Å². The lowest BCUT2D eigenvalue weighted by Crippen LogP contribution is -2.48. The third-order valence-corrected chi connectivity index (χ3v) is 2.13. The van der Waals surface area contributed by atoms with Gasteiger partial charge in [-0.05, 0) is 26.4 Å². The maximum atomic E-state index is 11.9. The fourth-order valence-corrected chi connectivity index (χ4v) is 1.61. The zero-order valence-electron chi connectivity index (χ0n) is 11.3. The molecule has 0 aliphatic carbocycles. The predicted octanol–water partition coefficient (Wildman–Crippen LogP) is 1.82. The van der Waals surface area contributed by atoms with Crippen molar-refractivity contribution in [3.63, 3.8) is 0 Å². The van der Waals surface area contributed by atoms with E-state index in [1.165, 1.54) is 0 Å². The number of urea groups is 1. The first kappa shape index (κ1) is 17.0. The van der Waals surface area contributed by atoms with E-state index in [4.69, 9.17) is 0 Å². The van der Waals surface area contributed by atoms with Crippen LogP contribution in [-0.4, -0.2) is 50.3 Å². The fraction of sp³-hybridized carbons (Fsp3) is 0.909. The Hall–Kier alpha value is -0.980. The van der Waals surface area contributed by atoms with Crippen molar-refractivity contribution in [3.05, 3.63) is 0 Å². The Bertz CT molecular complexity index is 244. The molecular formula is C11H22F3N3O. The minimum absolute atomic E-state index is 0.159. The number of hydrogen-bond acceptors (Lipinski definition) is 2. The van der Waals surface area contributed by atoms with Gasteiger partial charge in [0.1, 0.15) is 6.54 Å². The molecule has 0 spiro atoms. The number of amides is 2. The van der Waals surface area contributed by atoms with Gasteiger partial charge in [-0.3, -0.25) is 0 Å². The number of rotatable bonds is 6. The maximum Gasteiger partial charge on any atom is 0.405 e. The fourth-order valence-electron chi connectivity index (χ4n) is 1.61. The van der Waals surface area contributed by atoms with Crippen LogP contribution in [0.2, 0.25) is 0 Å². The van der Waals surface area contributed by atoms with E-state index in [0.717, 1.165) is 6.42 Å². The lowest BCUT2D eigenvalue weighted by atomic mass is 10.0. The van der Waals surface area contributed by atoms with Gasteiger partial charge in [0.25, 0.3) is 0 Å². The topological polar surface area (TPSA) is 44.4 Å². The van der Waals surface area contributed by atoms with Crippen LogP contribution in [0.4, 0.5) is 18.0 Å². The van der Waals surface area contributed by atoms with E-state index >= 15 is 0 Å². The summed E-state index contributed by atoms with van der Waals surface area (Å²) in [7, 11) is 3.70. The van der Waals surface area contributed by atoms with Gasteiger partial charge in [-0.1, -0.05) is 13.8 Å². The Labute approximate surface area is 106 Å². The van der Waals surface area contributed by atoms with E-state index in [2.05, 4.69) is 5.32 Å². The Kier molecular flexibility index (Phi) is 7.05. The van der Waals surface area contributed by atoms with E-state index in [1.807, 2.05) is 32.8 Å². The van der Waals surface area contributed by atoms with E-state index in [0.29, 0.717) is 12.5 Å². The molecule has 0 aromatic carbocycles. The molecule has 0 bridgehead atoms. The molecule has 0 saturated heterocycles. The van der Waals surface area contributed by atoms with Crippen LogP contribution >= 0.6 is 0 Å². The molecule has 0 radical (unpaired) electrons. The molecule has 0 saturated carbocycles. The zero-order chi connectivity index (χ0) is 14.3. The largest absolute Gasteiger partial charge is 0.405 e. The first-order valence-corrected chi connectivity index (χ1v) is 5.86. The van der Waals surface area contributed by atoms with Crippen molar-refractivity contribution < 1.29 is 18.0 Å². The Morgan fingerprint density at radius 2 is 1.83 bits per heavy atom. The third-order valence-electron chi connectivity index (χ3n) is 2.13.